The molecule has 0 aliphatic heterocycles. The molecule has 0 saturated heterocycles. The molecule has 0 aromatic carbocycles. The third kappa shape index (κ3) is 3.00. The van der Waals surface area contributed by atoms with E-state index in [1.807, 2.05) is 13.8 Å². The summed E-state index contributed by atoms with van der Waals surface area (Å²) >= 11 is 0. The number of hydrogen-bond donors (Lipinski definition) is 5. The molecule has 5 rings (SSSR count). The van der Waals surface area contributed by atoms with Crippen LogP contribution in [-0.2, 0) is 0 Å². The molecule has 0 aromatic heterocycles. The van der Waals surface area contributed by atoms with Gasteiger partial charge >= 0.3 is 0 Å². The molecule has 0 spiro atoms. The monoisotopic (exact) mass is 490 g/mol. The number of rotatable bonds is 2. The molecule has 5 heteroatoms. The molecule has 0 amide bonds. The second-order valence-electron chi connectivity index (χ2n) is 14.8. The number of aliphatic hydroxyl groups is 5. The predicted octanol–water partition coefficient (Wildman–Crippen LogP) is 4.06. The summed E-state index contributed by atoms with van der Waals surface area (Å²) in [6.07, 6.45) is 7.95. The zero-order valence-corrected chi connectivity index (χ0v) is 22.8. The molecule has 0 bridgehead atoms. The highest BCUT2D eigenvalue weighted by atomic mass is 16.3. The lowest BCUT2D eigenvalue weighted by Gasteiger charge is -2.72. The Balaban J connectivity index is 1.63. The van der Waals surface area contributed by atoms with Crippen LogP contribution in [0.4, 0.5) is 0 Å². The lowest BCUT2D eigenvalue weighted by molar-refractivity contribution is -0.247. The standard InChI is InChI=1S/C30H50O5/c1-18-9-12-30(17-32)14-13-27(4)19(23(30)29(18,6)35)7-8-22-25(2)15-20(33)24(34)26(3,16-31)21(25)10-11-28(22,27)5/h7,18,20-24,31-35H,8-17H2,1-6H3/t18-,20-,21-,22-,23-,24+,25+,26+,27-,28-,29-,30-/m1/s1. The highest BCUT2D eigenvalue weighted by molar-refractivity contribution is 5.36. The molecule has 5 N–H and O–H groups in total. The molecular weight excluding hydrogens is 440 g/mol. The average molecular weight is 491 g/mol. The molecule has 5 nitrogen and oxygen atoms in total. The van der Waals surface area contributed by atoms with E-state index in [9.17, 15) is 25.5 Å². The fourth-order valence-electron chi connectivity index (χ4n) is 11.1. The third-order valence-corrected chi connectivity index (χ3v) is 13.6. The minimum Gasteiger partial charge on any atom is -0.396 e. The number of allylic oxidation sites excluding steroid dienone is 1. The van der Waals surface area contributed by atoms with E-state index < -0.39 is 23.2 Å². The topological polar surface area (TPSA) is 101 Å². The first kappa shape index (κ1) is 26.2. The van der Waals surface area contributed by atoms with Crippen molar-refractivity contribution in [2.45, 2.75) is 111 Å². The molecule has 4 fully saturated rings. The number of aliphatic hydroxyl groups excluding tert-OH is 4. The van der Waals surface area contributed by atoms with Gasteiger partial charge in [0.2, 0.25) is 0 Å². The van der Waals surface area contributed by atoms with Crippen molar-refractivity contribution in [1.29, 1.82) is 0 Å². The van der Waals surface area contributed by atoms with Gasteiger partial charge < -0.3 is 25.5 Å². The minimum atomic E-state index is -0.904. The van der Waals surface area contributed by atoms with Crippen LogP contribution in [0.5, 0.6) is 0 Å². The molecule has 0 unspecified atom stereocenters. The summed E-state index contributed by atoms with van der Waals surface area (Å²) in [5, 5.41) is 55.0. The van der Waals surface area contributed by atoms with Gasteiger partial charge in [-0.3, -0.25) is 0 Å². The minimum absolute atomic E-state index is 0.0148. The van der Waals surface area contributed by atoms with Gasteiger partial charge in [0.15, 0.2) is 0 Å². The van der Waals surface area contributed by atoms with Crippen LogP contribution in [0.15, 0.2) is 11.6 Å². The van der Waals surface area contributed by atoms with E-state index in [2.05, 4.69) is 33.8 Å². The van der Waals surface area contributed by atoms with Crippen LogP contribution in [0.3, 0.4) is 0 Å². The Bertz CT molecular complexity index is 899. The molecule has 4 saturated carbocycles. The van der Waals surface area contributed by atoms with Gasteiger partial charge in [0, 0.05) is 23.4 Å². The summed E-state index contributed by atoms with van der Waals surface area (Å²) in [6, 6.07) is 0. The first-order chi connectivity index (χ1) is 16.2. The van der Waals surface area contributed by atoms with Crippen LogP contribution in [0.1, 0.15) is 92.9 Å². The summed E-state index contributed by atoms with van der Waals surface area (Å²) in [5.74, 6) is 0.623. The van der Waals surface area contributed by atoms with Crippen LogP contribution in [0.25, 0.3) is 0 Å². The van der Waals surface area contributed by atoms with Gasteiger partial charge in [-0.05, 0) is 92.3 Å². The Morgan fingerprint density at radius 1 is 0.886 bits per heavy atom. The van der Waals surface area contributed by atoms with E-state index in [0.29, 0.717) is 12.3 Å². The smallest absolute Gasteiger partial charge is 0.0877 e. The van der Waals surface area contributed by atoms with Crippen LogP contribution in [0, 0.1) is 50.7 Å². The third-order valence-electron chi connectivity index (χ3n) is 13.6. The zero-order valence-electron chi connectivity index (χ0n) is 22.8. The van der Waals surface area contributed by atoms with Gasteiger partial charge in [-0.15, -0.1) is 0 Å². The maximum absolute atomic E-state index is 11.9. The van der Waals surface area contributed by atoms with Gasteiger partial charge in [0.05, 0.1) is 24.4 Å². The van der Waals surface area contributed by atoms with E-state index >= 15 is 0 Å². The van der Waals surface area contributed by atoms with E-state index in [0.717, 1.165) is 44.9 Å². The first-order valence-electron chi connectivity index (χ1n) is 14.2. The highest BCUT2D eigenvalue weighted by Crippen LogP contribution is 2.76. The Morgan fingerprint density at radius 2 is 1.57 bits per heavy atom. The second kappa shape index (κ2) is 7.79. The van der Waals surface area contributed by atoms with E-state index in [-0.39, 0.29) is 52.6 Å². The normalized spacial score (nSPS) is 60.0. The maximum Gasteiger partial charge on any atom is 0.0877 e. The summed E-state index contributed by atoms with van der Waals surface area (Å²) in [4.78, 5) is 0. The summed E-state index contributed by atoms with van der Waals surface area (Å²) in [7, 11) is 0. The van der Waals surface area contributed by atoms with Crippen LogP contribution >= 0.6 is 0 Å². The zero-order chi connectivity index (χ0) is 25.8. The van der Waals surface area contributed by atoms with Gasteiger partial charge in [-0.25, -0.2) is 0 Å². The van der Waals surface area contributed by atoms with Gasteiger partial charge in [0.25, 0.3) is 0 Å². The second-order valence-corrected chi connectivity index (χ2v) is 14.8. The van der Waals surface area contributed by atoms with E-state index in [1.54, 1.807) is 0 Å². The van der Waals surface area contributed by atoms with E-state index in [1.165, 1.54) is 5.57 Å². The summed E-state index contributed by atoms with van der Waals surface area (Å²) < 4.78 is 0. The Labute approximate surface area is 212 Å². The van der Waals surface area contributed by atoms with Crippen molar-refractivity contribution < 1.29 is 25.5 Å². The van der Waals surface area contributed by atoms with Gasteiger partial charge in [-0.1, -0.05) is 46.3 Å². The molecule has 5 aliphatic carbocycles. The lowest BCUT2D eigenvalue weighted by Crippen LogP contribution is -2.69. The lowest BCUT2D eigenvalue weighted by atomic mass is 9.33. The van der Waals surface area contributed by atoms with Crippen molar-refractivity contribution in [2.24, 2.45) is 50.7 Å². The molecule has 0 aromatic rings. The largest absolute Gasteiger partial charge is 0.396 e. The van der Waals surface area contributed by atoms with Crippen LogP contribution in [-0.4, -0.2) is 56.6 Å². The van der Waals surface area contributed by atoms with Crippen molar-refractivity contribution in [3.63, 3.8) is 0 Å². The molecule has 5 aliphatic rings. The Hall–Kier alpha value is -0.460. The van der Waals surface area contributed by atoms with Crippen molar-refractivity contribution in [1.82, 2.24) is 0 Å². The summed E-state index contributed by atoms with van der Waals surface area (Å²) in [5.41, 5.74) is -0.728. The van der Waals surface area contributed by atoms with Crippen LogP contribution in [0.2, 0.25) is 0 Å². The molecule has 0 radical (unpaired) electrons. The van der Waals surface area contributed by atoms with Crippen molar-refractivity contribution in [2.75, 3.05) is 13.2 Å². The van der Waals surface area contributed by atoms with Gasteiger partial charge in [-0.2, -0.15) is 0 Å². The molecule has 0 heterocycles. The SMILES string of the molecule is C[C@@H]1CC[C@]2(CO)CC[C@]3(C)C(=CC[C@@H]4[C@@]5(C)C[C@@H](O)[C@H](O)[C@@](C)(CO)[C@@H]5CC[C@]43C)[C@@H]2[C@]1(C)O. The predicted molar refractivity (Wildman–Crippen MR) is 136 cm³/mol. The Morgan fingerprint density at radius 3 is 2.20 bits per heavy atom. The van der Waals surface area contributed by atoms with Crippen LogP contribution < -0.4 is 0 Å². The fourth-order valence-corrected chi connectivity index (χ4v) is 11.1. The fraction of sp³-hybridized carbons (Fsp3) is 0.933. The average Bonchev–Trinajstić information content (AvgIpc) is 2.80. The number of fused-ring (bicyclic) bond motifs is 7. The molecule has 200 valence electrons. The maximum atomic E-state index is 11.9. The van der Waals surface area contributed by atoms with Gasteiger partial charge in [0.1, 0.15) is 0 Å². The van der Waals surface area contributed by atoms with Crippen molar-refractivity contribution in [3.8, 4) is 0 Å². The molecular formula is C30H50O5. The number of hydrogen-bond acceptors (Lipinski definition) is 5. The van der Waals surface area contributed by atoms with Crippen molar-refractivity contribution >= 4 is 0 Å². The van der Waals surface area contributed by atoms with E-state index in [4.69, 9.17) is 0 Å². The quantitative estimate of drug-likeness (QED) is 0.376. The highest BCUT2D eigenvalue weighted by Gasteiger charge is 2.71. The van der Waals surface area contributed by atoms with Crippen molar-refractivity contribution in [3.05, 3.63) is 11.6 Å². The molecule has 35 heavy (non-hydrogen) atoms. The Kier molecular flexibility index (Phi) is 5.82. The molecule has 12 atom stereocenters. The summed E-state index contributed by atoms with van der Waals surface area (Å²) in [6.45, 7) is 13.3. The first-order valence-corrected chi connectivity index (χ1v) is 14.2.